The van der Waals surface area contributed by atoms with E-state index in [9.17, 15) is 9.18 Å². The van der Waals surface area contributed by atoms with Gasteiger partial charge in [-0.1, -0.05) is 23.7 Å². The van der Waals surface area contributed by atoms with Crippen molar-refractivity contribution < 1.29 is 9.18 Å². The van der Waals surface area contributed by atoms with Crippen molar-refractivity contribution in [1.29, 1.82) is 5.26 Å². The van der Waals surface area contributed by atoms with Crippen molar-refractivity contribution in [2.75, 3.05) is 5.32 Å². The molecule has 2 rings (SSSR count). The summed E-state index contributed by atoms with van der Waals surface area (Å²) < 4.78 is 12.8. The summed E-state index contributed by atoms with van der Waals surface area (Å²) in [7, 11) is 0. The molecule has 0 saturated heterocycles. The van der Waals surface area contributed by atoms with Gasteiger partial charge in [-0.3, -0.25) is 4.79 Å². The van der Waals surface area contributed by atoms with Crippen LogP contribution in [-0.4, -0.2) is 5.91 Å². The molecule has 0 aliphatic heterocycles. The number of nitriles is 1. The van der Waals surface area contributed by atoms with Crippen LogP contribution in [0.15, 0.2) is 54.1 Å². The van der Waals surface area contributed by atoms with E-state index in [1.807, 2.05) is 6.07 Å². The van der Waals surface area contributed by atoms with Crippen molar-refractivity contribution >= 4 is 29.3 Å². The maximum Gasteiger partial charge on any atom is 0.266 e. The number of carbonyl (C=O) groups is 1. The zero-order chi connectivity index (χ0) is 15.2. The number of amides is 1. The Morgan fingerprint density at radius 1 is 1.14 bits per heavy atom. The molecule has 104 valence electrons. The summed E-state index contributed by atoms with van der Waals surface area (Å²) in [5.74, 6) is -0.916. The Kier molecular flexibility index (Phi) is 4.70. The minimum absolute atomic E-state index is 0.0726. The van der Waals surface area contributed by atoms with Gasteiger partial charge in [0.05, 0.1) is 0 Å². The minimum atomic E-state index is -0.538. The average Bonchev–Trinajstić information content (AvgIpc) is 2.49. The third kappa shape index (κ3) is 4.16. The van der Waals surface area contributed by atoms with E-state index in [2.05, 4.69) is 5.32 Å². The normalized spacial score (nSPS) is 10.8. The van der Waals surface area contributed by atoms with Crippen LogP contribution in [0.4, 0.5) is 10.1 Å². The maximum absolute atomic E-state index is 12.8. The number of rotatable bonds is 3. The van der Waals surface area contributed by atoms with Gasteiger partial charge in [0.2, 0.25) is 0 Å². The maximum atomic E-state index is 12.8. The van der Waals surface area contributed by atoms with Crippen molar-refractivity contribution in [3.8, 4) is 6.07 Å². The fourth-order valence-corrected chi connectivity index (χ4v) is 1.73. The molecule has 2 aromatic carbocycles. The first-order valence-electron chi connectivity index (χ1n) is 6.03. The molecule has 5 heteroatoms. The molecule has 0 radical (unpaired) electrons. The molecule has 2 aromatic rings. The molecule has 0 spiro atoms. The molecule has 1 N–H and O–H groups in total. The van der Waals surface area contributed by atoms with E-state index in [0.29, 0.717) is 16.3 Å². The summed E-state index contributed by atoms with van der Waals surface area (Å²) >= 11 is 5.75. The number of carbonyl (C=O) groups excluding carboxylic acids is 1. The summed E-state index contributed by atoms with van der Waals surface area (Å²) in [4.78, 5) is 12.0. The third-order valence-electron chi connectivity index (χ3n) is 2.65. The molecule has 3 nitrogen and oxygen atoms in total. The van der Waals surface area contributed by atoms with Crippen LogP contribution in [0, 0.1) is 17.1 Å². The quantitative estimate of drug-likeness (QED) is 0.687. The first-order valence-corrected chi connectivity index (χ1v) is 6.40. The van der Waals surface area contributed by atoms with Gasteiger partial charge >= 0.3 is 0 Å². The van der Waals surface area contributed by atoms with Gasteiger partial charge in [0.1, 0.15) is 17.5 Å². The van der Waals surface area contributed by atoms with Crippen molar-refractivity contribution in [3.05, 3.63) is 70.5 Å². The van der Waals surface area contributed by atoms with E-state index in [1.165, 1.54) is 30.3 Å². The number of anilines is 1. The van der Waals surface area contributed by atoms with Crippen molar-refractivity contribution in [2.24, 2.45) is 0 Å². The fraction of sp³-hybridized carbons (Fsp3) is 0. The lowest BCUT2D eigenvalue weighted by molar-refractivity contribution is -0.112. The summed E-state index contributed by atoms with van der Waals surface area (Å²) in [5.41, 5.74) is 1.03. The van der Waals surface area contributed by atoms with Crippen molar-refractivity contribution in [2.45, 2.75) is 0 Å². The molecule has 1 amide bonds. The molecule has 0 fully saturated rings. The molecule has 0 aliphatic carbocycles. The Labute approximate surface area is 126 Å². The number of nitrogens with one attached hydrogen (secondary N) is 1. The van der Waals surface area contributed by atoms with Crippen molar-refractivity contribution in [3.63, 3.8) is 0 Å². The van der Waals surface area contributed by atoms with Gasteiger partial charge in [-0.05, 0) is 48.0 Å². The van der Waals surface area contributed by atoms with Crippen LogP contribution >= 0.6 is 11.6 Å². The monoisotopic (exact) mass is 300 g/mol. The standard InChI is InChI=1S/C16H10ClFN2O/c17-13-3-7-15(8-4-13)20-16(21)12(10-19)9-11-1-5-14(18)6-2-11/h1-9H,(H,20,21)/b12-9+. The second kappa shape index (κ2) is 6.69. The van der Waals surface area contributed by atoms with Crippen LogP contribution < -0.4 is 5.32 Å². The number of halogens is 2. The summed E-state index contributed by atoms with van der Waals surface area (Å²) in [6, 6.07) is 13.9. The Hall–Kier alpha value is -2.64. The Bertz CT molecular complexity index is 715. The minimum Gasteiger partial charge on any atom is -0.321 e. The molecule has 0 heterocycles. The van der Waals surface area contributed by atoms with E-state index in [-0.39, 0.29) is 11.4 Å². The molecule has 0 bridgehead atoms. The van der Waals surface area contributed by atoms with Gasteiger partial charge in [-0.15, -0.1) is 0 Å². The third-order valence-corrected chi connectivity index (χ3v) is 2.90. The van der Waals surface area contributed by atoms with Gasteiger partial charge in [-0.2, -0.15) is 5.26 Å². The highest BCUT2D eigenvalue weighted by Crippen LogP contribution is 2.15. The van der Waals surface area contributed by atoms with E-state index >= 15 is 0 Å². The van der Waals surface area contributed by atoms with E-state index in [1.54, 1.807) is 24.3 Å². The first kappa shape index (κ1) is 14.8. The topological polar surface area (TPSA) is 52.9 Å². The molecule has 0 aromatic heterocycles. The second-order valence-corrected chi connectivity index (χ2v) is 4.62. The van der Waals surface area contributed by atoms with Gasteiger partial charge in [0.15, 0.2) is 0 Å². The van der Waals surface area contributed by atoms with Crippen LogP contribution in [-0.2, 0) is 4.79 Å². The summed E-state index contributed by atoms with van der Waals surface area (Å²) in [6.45, 7) is 0. The predicted octanol–water partition coefficient (Wildman–Crippen LogP) is 4.02. The lowest BCUT2D eigenvalue weighted by Crippen LogP contribution is -2.13. The average molecular weight is 301 g/mol. The molecule has 0 aliphatic rings. The van der Waals surface area contributed by atoms with E-state index < -0.39 is 5.91 Å². The molecular formula is C16H10ClFN2O. The van der Waals surface area contributed by atoms with Gasteiger partial charge < -0.3 is 5.32 Å². The zero-order valence-electron chi connectivity index (χ0n) is 10.8. The fourth-order valence-electron chi connectivity index (χ4n) is 1.61. The molecule has 0 saturated carbocycles. The van der Waals surface area contributed by atoms with Crippen LogP contribution in [0.25, 0.3) is 6.08 Å². The second-order valence-electron chi connectivity index (χ2n) is 4.18. The van der Waals surface area contributed by atoms with Gasteiger partial charge in [0, 0.05) is 10.7 Å². The zero-order valence-corrected chi connectivity index (χ0v) is 11.6. The van der Waals surface area contributed by atoms with Crippen LogP contribution in [0.2, 0.25) is 5.02 Å². The van der Waals surface area contributed by atoms with Crippen LogP contribution in [0.5, 0.6) is 0 Å². The molecule has 0 unspecified atom stereocenters. The highest BCUT2D eigenvalue weighted by Gasteiger charge is 2.09. The summed E-state index contributed by atoms with van der Waals surface area (Å²) in [5, 5.41) is 12.2. The highest BCUT2D eigenvalue weighted by molar-refractivity contribution is 6.30. The van der Waals surface area contributed by atoms with E-state index in [0.717, 1.165) is 0 Å². The number of hydrogen-bond acceptors (Lipinski definition) is 2. The lowest BCUT2D eigenvalue weighted by atomic mass is 10.1. The van der Waals surface area contributed by atoms with Gasteiger partial charge in [-0.25, -0.2) is 4.39 Å². The van der Waals surface area contributed by atoms with Gasteiger partial charge in [0.25, 0.3) is 5.91 Å². The Balaban J connectivity index is 2.17. The number of benzene rings is 2. The Morgan fingerprint density at radius 3 is 2.33 bits per heavy atom. The first-order chi connectivity index (χ1) is 10.1. The predicted molar refractivity (Wildman–Crippen MR) is 80.1 cm³/mol. The van der Waals surface area contributed by atoms with Crippen LogP contribution in [0.1, 0.15) is 5.56 Å². The van der Waals surface area contributed by atoms with E-state index in [4.69, 9.17) is 16.9 Å². The van der Waals surface area contributed by atoms with Crippen LogP contribution in [0.3, 0.4) is 0 Å². The Morgan fingerprint density at radius 2 is 1.76 bits per heavy atom. The SMILES string of the molecule is N#C/C(=C\c1ccc(F)cc1)C(=O)Nc1ccc(Cl)cc1. The number of nitrogens with zero attached hydrogens (tertiary/aromatic N) is 1. The molecular weight excluding hydrogens is 291 g/mol. The summed E-state index contributed by atoms with van der Waals surface area (Å²) in [6.07, 6.45) is 1.39. The molecule has 0 atom stereocenters. The number of hydrogen-bond donors (Lipinski definition) is 1. The molecule has 21 heavy (non-hydrogen) atoms. The highest BCUT2D eigenvalue weighted by atomic mass is 35.5. The smallest absolute Gasteiger partial charge is 0.266 e. The lowest BCUT2D eigenvalue weighted by Gasteiger charge is -2.04. The van der Waals surface area contributed by atoms with Crippen molar-refractivity contribution in [1.82, 2.24) is 0 Å². The largest absolute Gasteiger partial charge is 0.321 e.